The molecule has 67 valence electrons. The molecular weight excluding hydrogens is 160 g/mol. The first-order valence-electron chi connectivity index (χ1n) is 5.10. The Kier molecular flexibility index (Phi) is 1.46. The monoisotopic (exact) mass is 173 g/mol. The van der Waals surface area contributed by atoms with Gasteiger partial charge in [-0.25, -0.2) is 9.97 Å². The fraction of sp³-hybridized carbons (Fsp3) is 0.636. The summed E-state index contributed by atoms with van der Waals surface area (Å²) >= 11 is 0. The summed E-state index contributed by atoms with van der Waals surface area (Å²) in [7, 11) is 0. The van der Waals surface area contributed by atoms with E-state index in [4.69, 9.17) is 0 Å². The van der Waals surface area contributed by atoms with Gasteiger partial charge in [0.1, 0.15) is 0 Å². The van der Waals surface area contributed by atoms with Crippen molar-refractivity contribution in [3.63, 3.8) is 0 Å². The van der Waals surface area contributed by atoms with Crippen LogP contribution in [0.5, 0.6) is 0 Å². The van der Waals surface area contributed by atoms with Crippen LogP contribution in [0.15, 0.2) is 12.3 Å². The zero-order valence-corrected chi connectivity index (χ0v) is 7.66. The highest BCUT2D eigenvalue weighted by atomic mass is 14.8. The number of aromatic nitrogens is 2. The largest absolute Gasteiger partial charge is 0.234 e. The van der Waals surface area contributed by atoms with Crippen molar-refractivity contribution in [2.45, 2.75) is 38.0 Å². The van der Waals surface area contributed by atoms with Gasteiger partial charge in [-0.05, 0) is 37.2 Å². The predicted molar refractivity (Wildman–Crippen MR) is 49.1 cm³/mol. The molecule has 1 aromatic heterocycles. The third-order valence-corrected chi connectivity index (χ3v) is 3.93. The van der Waals surface area contributed by atoms with Crippen LogP contribution in [0.1, 0.15) is 43.7 Å². The summed E-state index contributed by atoms with van der Waals surface area (Å²) in [5.74, 6) is 0.723. The molecule has 1 radical (unpaired) electrons. The Morgan fingerprint density at radius 1 is 1.38 bits per heavy atom. The van der Waals surface area contributed by atoms with Crippen LogP contribution >= 0.6 is 0 Å². The summed E-state index contributed by atoms with van der Waals surface area (Å²) in [6, 6.07) is 2.06. The normalized spacial score (nSPS) is 29.4. The van der Waals surface area contributed by atoms with Crippen LogP contribution in [-0.4, -0.2) is 9.97 Å². The Morgan fingerprint density at radius 2 is 2.31 bits per heavy atom. The minimum atomic E-state index is 0.655. The Morgan fingerprint density at radius 3 is 2.77 bits per heavy atom. The van der Waals surface area contributed by atoms with Crippen LogP contribution < -0.4 is 0 Å². The lowest BCUT2D eigenvalue weighted by atomic mass is 9.49. The van der Waals surface area contributed by atoms with Crippen molar-refractivity contribution in [1.29, 1.82) is 0 Å². The molecule has 1 atom stereocenters. The van der Waals surface area contributed by atoms with Gasteiger partial charge in [0.15, 0.2) is 6.33 Å². The van der Waals surface area contributed by atoms with E-state index in [9.17, 15) is 0 Å². The average molecular weight is 173 g/mol. The van der Waals surface area contributed by atoms with E-state index in [1.807, 2.05) is 6.20 Å². The molecule has 2 saturated carbocycles. The van der Waals surface area contributed by atoms with E-state index < -0.39 is 0 Å². The second kappa shape index (κ2) is 2.53. The molecule has 0 N–H and O–H groups in total. The van der Waals surface area contributed by atoms with Crippen LogP contribution in [0.2, 0.25) is 0 Å². The third-order valence-electron chi connectivity index (χ3n) is 3.93. The van der Waals surface area contributed by atoms with Crippen LogP contribution in [0.4, 0.5) is 0 Å². The summed E-state index contributed by atoms with van der Waals surface area (Å²) in [5, 5.41) is 0. The van der Waals surface area contributed by atoms with Gasteiger partial charge >= 0.3 is 0 Å². The minimum absolute atomic E-state index is 0.655. The number of rotatable bonds is 1. The topological polar surface area (TPSA) is 25.8 Å². The molecular formula is C11H13N2. The molecule has 2 nitrogen and oxygen atoms in total. The molecule has 0 aliphatic heterocycles. The standard InChI is InChI=1S/C11H13N2/c1-4-11(5-1)6-2-9(11)10-3-7-12-8-13-10/h3,7,9H,1-2,4-6H2. The smallest absolute Gasteiger partial charge is 0.197 e. The van der Waals surface area contributed by atoms with E-state index in [1.165, 1.54) is 37.8 Å². The average Bonchev–Trinajstić information content (AvgIpc) is 2.01. The first kappa shape index (κ1) is 7.48. The van der Waals surface area contributed by atoms with Crippen molar-refractivity contribution < 1.29 is 0 Å². The maximum Gasteiger partial charge on any atom is 0.197 e. The quantitative estimate of drug-likeness (QED) is 0.651. The molecule has 0 amide bonds. The van der Waals surface area contributed by atoms with Crippen molar-refractivity contribution in [2.75, 3.05) is 0 Å². The molecule has 0 bridgehead atoms. The molecule has 0 saturated heterocycles. The molecule has 2 fully saturated rings. The molecule has 2 aliphatic rings. The van der Waals surface area contributed by atoms with E-state index in [1.54, 1.807) is 0 Å². The van der Waals surface area contributed by atoms with Crippen molar-refractivity contribution in [3.05, 3.63) is 24.3 Å². The minimum Gasteiger partial charge on any atom is -0.234 e. The van der Waals surface area contributed by atoms with Gasteiger partial charge in [0, 0.05) is 17.8 Å². The van der Waals surface area contributed by atoms with Gasteiger partial charge in [0.05, 0.1) is 0 Å². The van der Waals surface area contributed by atoms with E-state index in [0.717, 1.165) is 5.92 Å². The summed E-state index contributed by atoms with van der Waals surface area (Å²) in [4.78, 5) is 8.08. The lowest BCUT2D eigenvalue weighted by molar-refractivity contribution is -0.00404. The lowest BCUT2D eigenvalue weighted by Crippen LogP contribution is -2.44. The highest BCUT2D eigenvalue weighted by molar-refractivity contribution is 5.18. The second-order valence-corrected chi connectivity index (χ2v) is 4.39. The molecule has 1 spiro atoms. The first-order valence-corrected chi connectivity index (χ1v) is 5.10. The summed E-state index contributed by atoms with van der Waals surface area (Å²) in [5.41, 5.74) is 1.88. The number of hydrogen-bond donors (Lipinski definition) is 0. The molecule has 3 rings (SSSR count). The van der Waals surface area contributed by atoms with Crippen molar-refractivity contribution in [1.82, 2.24) is 9.97 Å². The van der Waals surface area contributed by atoms with Crippen molar-refractivity contribution in [3.8, 4) is 0 Å². The molecule has 1 aromatic rings. The Hall–Kier alpha value is -0.920. The van der Waals surface area contributed by atoms with Gasteiger partial charge in [-0.1, -0.05) is 6.42 Å². The third kappa shape index (κ3) is 0.946. The van der Waals surface area contributed by atoms with Crippen LogP contribution in [0.3, 0.4) is 0 Å². The molecule has 2 aliphatic carbocycles. The Bertz CT molecular complexity index is 298. The van der Waals surface area contributed by atoms with Gasteiger partial charge in [0.2, 0.25) is 0 Å². The zero-order valence-electron chi connectivity index (χ0n) is 7.66. The molecule has 1 heterocycles. The highest BCUT2D eigenvalue weighted by Gasteiger charge is 2.51. The van der Waals surface area contributed by atoms with Gasteiger partial charge in [-0.15, -0.1) is 0 Å². The van der Waals surface area contributed by atoms with Crippen LogP contribution in [0.25, 0.3) is 0 Å². The first-order chi connectivity index (χ1) is 6.41. The van der Waals surface area contributed by atoms with Crippen molar-refractivity contribution in [2.24, 2.45) is 5.41 Å². The predicted octanol–water partition coefficient (Wildman–Crippen LogP) is 2.32. The Labute approximate surface area is 78.4 Å². The summed E-state index contributed by atoms with van der Waals surface area (Å²) in [6.07, 6.45) is 11.5. The van der Waals surface area contributed by atoms with Gasteiger partial charge in [-0.2, -0.15) is 0 Å². The van der Waals surface area contributed by atoms with Gasteiger partial charge in [-0.3, -0.25) is 0 Å². The number of nitrogens with zero attached hydrogens (tertiary/aromatic N) is 2. The van der Waals surface area contributed by atoms with Crippen LogP contribution in [-0.2, 0) is 0 Å². The van der Waals surface area contributed by atoms with Gasteiger partial charge < -0.3 is 0 Å². The summed E-state index contributed by atoms with van der Waals surface area (Å²) in [6.45, 7) is 0. The second-order valence-electron chi connectivity index (χ2n) is 4.39. The number of hydrogen-bond acceptors (Lipinski definition) is 2. The molecule has 13 heavy (non-hydrogen) atoms. The summed E-state index contributed by atoms with van der Waals surface area (Å²) < 4.78 is 0. The van der Waals surface area contributed by atoms with E-state index in [-0.39, 0.29) is 0 Å². The SMILES string of the molecule is [c]1nccc(C2CCC23CCC3)n1. The van der Waals surface area contributed by atoms with Gasteiger partial charge in [0.25, 0.3) is 0 Å². The Balaban J connectivity index is 1.87. The zero-order chi connectivity index (χ0) is 8.73. The maximum atomic E-state index is 4.24. The van der Waals surface area contributed by atoms with E-state index >= 15 is 0 Å². The fourth-order valence-electron chi connectivity index (χ4n) is 2.85. The van der Waals surface area contributed by atoms with E-state index in [2.05, 4.69) is 22.4 Å². The molecule has 2 heteroatoms. The molecule has 0 aromatic carbocycles. The lowest BCUT2D eigenvalue weighted by Gasteiger charge is -2.55. The molecule has 1 unspecified atom stereocenters. The maximum absolute atomic E-state index is 4.24. The van der Waals surface area contributed by atoms with Crippen molar-refractivity contribution >= 4 is 0 Å². The fourth-order valence-corrected chi connectivity index (χ4v) is 2.85. The highest BCUT2D eigenvalue weighted by Crippen LogP contribution is 2.63. The van der Waals surface area contributed by atoms with E-state index in [0.29, 0.717) is 5.41 Å². The van der Waals surface area contributed by atoms with Crippen LogP contribution in [0, 0.1) is 11.7 Å².